The van der Waals surface area contributed by atoms with Gasteiger partial charge in [0, 0.05) is 11.3 Å². The van der Waals surface area contributed by atoms with Gasteiger partial charge in [-0.2, -0.15) is 0 Å². The second kappa shape index (κ2) is 8.71. The van der Waals surface area contributed by atoms with Gasteiger partial charge in [-0.3, -0.25) is 4.79 Å². The number of carbonyl (C=O) groups excluding carboxylic acids is 1. The van der Waals surface area contributed by atoms with Crippen molar-refractivity contribution in [1.82, 2.24) is 4.98 Å². The van der Waals surface area contributed by atoms with E-state index in [2.05, 4.69) is 45.3 Å². The van der Waals surface area contributed by atoms with Crippen LogP contribution in [0.5, 0.6) is 5.75 Å². The van der Waals surface area contributed by atoms with E-state index in [1.54, 1.807) is 13.2 Å². The number of aryl methyl sites for hydroxylation is 1. The minimum absolute atomic E-state index is 0.267. The number of aromatic nitrogens is 1. The summed E-state index contributed by atoms with van der Waals surface area (Å²) in [5, 5.41) is 4.89. The molecule has 1 N–H and O–H groups in total. The molecule has 0 unspecified atom stereocenters. The average Bonchev–Trinajstić information content (AvgIpc) is 3.27. The summed E-state index contributed by atoms with van der Waals surface area (Å²) in [5.74, 6) is 0.777. The van der Waals surface area contributed by atoms with Gasteiger partial charge >= 0.3 is 0 Å². The fraction of sp³-hybridized carbons (Fsp3) is 0.111. The quantitative estimate of drug-likeness (QED) is 0.276. The average molecular weight is 501 g/mol. The van der Waals surface area contributed by atoms with Crippen LogP contribution >= 0.6 is 15.9 Å². The Balaban J connectivity index is 1.46. The Kier molecular flexibility index (Phi) is 5.60. The van der Waals surface area contributed by atoms with Gasteiger partial charge in [0.05, 0.1) is 17.1 Å². The SMILES string of the molecule is CCc1ccc(-c2nc3cc(NC(=O)c4cc5ccccc5c(Br)c4OC)ccc3o2)cc1. The smallest absolute Gasteiger partial charge is 0.259 e. The zero-order chi connectivity index (χ0) is 22.9. The lowest BCUT2D eigenvalue weighted by molar-refractivity contribution is 0.102. The number of amides is 1. The van der Waals surface area contributed by atoms with Crippen LogP contribution in [0.3, 0.4) is 0 Å². The molecule has 1 heterocycles. The normalized spacial score (nSPS) is 11.1. The first kappa shape index (κ1) is 21.2. The third-order valence-corrected chi connectivity index (χ3v) is 6.43. The number of ether oxygens (including phenoxy) is 1. The van der Waals surface area contributed by atoms with Gasteiger partial charge in [0.15, 0.2) is 5.58 Å². The molecule has 6 heteroatoms. The highest BCUT2D eigenvalue weighted by Crippen LogP contribution is 2.37. The zero-order valence-electron chi connectivity index (χ0n) is 18.2. The molecule has 5 rings (SSSR count). The Bertz CT molecular complexity index is 1490. The third kappa shape index (κ3) is 3.98. The summed E-state index contributed by atoms with van der Waals surface area (Å²) in [5.41, 5.74) is 4.58. The first-order valence-corrected chi connectivity index (χ1v) is 11.4. The van der Waals surface area contributed by atoms with Crippen LogP contribution in [0.1, 0.15) is 22.8 Å². The molecule has 5 aromatic rings. The van der Waals surface area contributed by atoms with Gasteiger partial charge in [-0.25, -0.2) is 4.98 Å². The van der Waals surface area contributed by atoms with Crippen molar-refractivity contribution in [2.75, 3.05) is 12.4 Å². The standard InChI is InChI=1S/C27H21BrN2O3/c1-3-16-8-10-17(11-9-16)27-30-22-15-19(12-13-23(22)33-27)29-26(31)21-14-18-6-4-5-7-20(18)24(28)25(21)32-2/h4-15H,3H2,1-2H3,(H,29,31). The summed E-state index contributed by atoms with van der Waals surface area (Å²) in [6, 6.07) is 23.3. The van der Waals surface area contributed by atoms with Crippen molar-refractivity contribution >= 4 is 49.4 Å². The van der Waals surface area contributed by atoms with Crippen molar-refractivity contribution in [3.63, 3.8) is 0 Å². The Labute approximate surface area is 199 Å². The van der Waals surface area contributed by atoms with Crippen molar-refractivity contribution in [3.05, 3.63) is 88.4 Å². The van der Waals surface area contributed by atoms with Crippen LogP contribution < -0.4 is 10.1 Å². The van der Waals surface area contributed by atoms with Crippen LogP contribution in [0.15, 0.2) is 81.7 Å². The number of nitrogens with zero attached hydrogens (tertiary/aromatic N) is 1. The monoisotopic (exact) mass is 500 g/mol. The molecule has 1 amide bonds. The summed E-state index contributed by atoms with van der Waals surface area (Å²) in [7, 11) is 1.56. The molecule has 0 fully saturated rings. The molecule has 0 aliphatic carbocycles. The molecule has 0 bridgehead atoms. The molecule has 0 aliphatic heterocycles. The van der Waals surface area contributed by atoms with Gasteiger partial charge in [0.1, 0.15) is 11.3 Å². The van der Waals surface area contributed by atoms with Crippen molar-refractivity contribution in [1.29, 1.82) is 0 Å². The van der Waals surface area contributed by atoms with Gasteiger partial charge in [-0.1, -0.05) is 43.3 Å². The molecule has 0 saturated carbocycles. The Morgan fingerprint density at radius 2 is 1.85 bits per heavy atom. The maximum absolute atomic E-state index is 13.2. The Morgan fingerprint density at radius 3 is 2.61 bits per heavy atom. The lowest BCUT2D eigenvalue weighted by atomic mass is 10.1. The van der Waals surface area contributed by atoms with Crippen molar-refractivity contribution in [2.24, 2.45) is 0 Å². The van der Waals surface area contributed by atoms with Crippen LogP contribution in [0.4, 0.5) is 5.69 Å². The van der Waals surface area contributed by atoms with Crippen LogP contribution in [0.25, 0.3) is 33.3 Å². The van der Waals surface area contributed by atoms with E-state index in [1.807, 2.05) is 54.6 Å². The summed E-state index contributed by atoms with van der Waals surface area (Å²) in [6.45, 7) is 2.12. The summed E-state index contributed by atoms with van der Waals surface area (Å²) in [6.07, 6.45) is 0.982. The predicted octanol–water partition coefficient (Wildman–Crippen LogP) is 7.23. The first-order valence-electron chi connectivity index (χ1n) is 10.6. The highest BCUT2D eigenvalue weighted by molar-refractivity contribution is 9.10. The maximum Gasteiger partial charge on any atom is 0.259 e. The highest BCUT2D eigenvalue weighted by Gasteiger charge is 2.19. The second-order valence-electron chi connectivity index (χ2n) is 7.70. The Morgan fingerprint density at radius 1 is 1.06 bits per heavy atom. The summed E-state index contributed by atoms with van der Waals surface area (Å²) >= 11 is 3.59. The molecular formula is C27H21BrN2O3. The molecule has 1 aromatic heterocycles. The molecule has 5 nitrogen and oxygen atoms in total. The van der Waals surface area contributed by atoms with Gasteiger partial charge in [0.25, 0.3) is 5.91 Å². The molecule has 0 radical (unpaired) electrons. The minimum atomic E-state index is -0.267. The number of hydrogen-bond acceptors (Lipinski definition) is 4. The van der Waals surface area contributed by atoms with Crippen molar-refractivity contribution < 1.29 is 13.9 Å². The molecule has 0 saturated heterocycles. The zero-order valence-corrected chi connectivity index (χ0v) is 19.8. The number of nitrogens with one attached hydrogen (secondary N) is 1. The van der Waals surface area contributed by atoms with Gasteiger partial charge in [-0.15, -0.1) is 0 Å². The van der Waals surface area contributed by atoms with Crippen molar-refractivity contribution in [3.8, 4) is 17.2 Å². The number of methoxy groups -OCH3 is 1. The largest absolute Gasteiger partial charge is 0.495 e. The lowest BCUT2D eigenvalue weighted by Gasteiger charge is -2.13. The Hall–Kier alpha value is -3.64. The van der Waals surface area contributed by atoms with E-state index in [4.69, 9.17) is 9.15 Å². The van der Waals surface area contributed by atoms with Crippen LogP contribution in [-0.2, 0) is 6.42 Å². The van der Waals surface area contributed by atoms with E-state index in [1.165, 1.54) is 5.56 Å². The number of halogens is 1. The number of oxazole rings is 1. The van der Waals surface area contributed by atoms with Gasteiger partial charge in [0.2, 0.25) is 5.89 Å². The predicted molar refractivity (Wildman–Crippen MR) is 135 cm³/mol. The molecule has 33 heavy (non-hydrogen) atoms. The second-order valence-corrected chi connectivity index (χ2v) is 8.49. The van der Waals surface area contributed by atoms with Crippen molar-refractivity contribution in [2.45, 2.75) is 13.3 Å². The lowest BCUT2D eigenvalue weighted by Crippen LogP contribution is -2.13. The van der Waals surface area contributed by atoms with Gasteiger partial charge < -0.3 is 14.5 Å². The van der Waals surface area contributed by atoms with Gasteiger partial charge in [-0.05, 0) is 75.1 Å². The van der Waals surface area contributed by atoms with E-state index in [-0.39, 0.29) is 5.91 Å². The molecular weight excluding hydrogens is 480 g/mol. The third-order valence-electron chi connectivity index (χ3n) is 5.64. The molecule has 0 spiro atoms. The molecule has 0 aliphatic rings. The molecule has 164 valence electrons. The number of hydrogen-bond donors (Lipinski definition) is 1. The number of rotatable bonds is 5. The number of benzene rings is 4. The number of anilines is 1. The van der Waals surface area contributed by atoms with E-state index in [0.717, 1.165) is 27.2 Å². The summed E-state index contributed by atoms with van der Waals surface area (Å²) in [4.78, 5) is 17.8. The van der Waals surface area contributed by atoms with E-state index >= 15 is 0 Å². The van der Waals surface area contributed by atoms with Crippen LogP contribution in [0.2, 0.25) is 0 Å². The fourth-order valence-electron chi connectivity index (χ4n) is 3.86. The van der Waals surface area contributed by atoms with E-state index < -0.39 is 0 Å². The summed E-state index contributed by atoms with van der Waals surface area (Å²) < 4.78 is 12.2. The highest BCUT2D eigenvalue weighted by atomic mass is 79.9. The molecule has 0 atom stereocenters. The van der Waals surface area contributed by atoms with Crippen LogP contribution in [0, 0.1) is 0 Å². The van der Waals surface area contributed by atoms with Crippen LogP contribution in [-0.4, -0.2) is 18.0 Å². The fourth-order valence-corrected chi connectivity index (χ4v) is 4.60. The number of fused-ring (bicyclic) bond motifs is 2. The molecule has 4 aromatic carbocycles. The maximum atomic E-state index is 13.2. The minimum Gasteiger partial charge on any atom is -0.495 e. The first-order chi connectivity index (χ1) is 16.1. The van der Waals surface area contributed by atoms with E-state index in [9.17, 15) is 4.79 Å². The number of carbonyl (C=O) groups is 1. The van der Waals surface area contributed by atoms with E-state index in [0.29, 0.717) is 34.0 Å². The topological polar surface area (TPSA) is 64.4 Å².